The highest BCUT2D eigenvalue weighted by molar-refractivity contribution is 5.60. The van der Waals surface area contributed by atoms with Gasteiger partial charge in [-0.15, -0.1) is 0 Å². The Kier molecular flexibility index (Phi) is 6.54. The first-order valence-electron chi connectivity index (χ1n) is 8.81. The van der Waals surface area contributed by atoms with Crippen molar-refractivity contribution in [3.8, 4) is 22.9 Å². The van der Waals surface area contributed by atoms with E-state index in [0.717, 1.165) is 13.1 Å². The largest absolute Gasteiger partial charge is 0.493 e. The summed E-state index contributed by atoms with van der Waals surface area (Å²) >= 11 is 0. The second-order valence-electron chi connectivity index (χ2n) is 6.04. The van der Waals surface area contributed by atoms with Gasteiger partial charge in [0.1, 0.15) is 0 Å². The van der Waals surface area contributed by atoms with Crippen LogP contribution in [0.15, 0.2) is 53.1 Å². The highest BCUT2D eigenvalue weighted by atomic mass is 19.3. The first-order chi connectivity index (χ1) is 13.6. The quantitative estimate of drug-likeness (QED) is 0.542. The Morgan fingerprint density at radius 2 is 1.86 bits per heavy atom. The highest BCUT2D eigenvalue weighted by Gasteiger charge is 2.16. The Morgan fingerprint density at radius 1 is 1.07 bits per heavy atom. The van der Waals surface area contributed by atoms with Gasteiger partial charge in [0.05, 0.1) is 13.7 Å². The van der Waals surface area contributed by atoms with Crippen LogP contribution in [0.2, 0.25) is 0 Å². The smallest absolute Gasteiger partial charge is 0.387 e. The maximum absolute atomic E-state index is 12.5. The molecule has 0 unspecified atom stereocenters. The Labute approximate surface area is 161 Å². The predicted molar refractivity (Wildman–Crippen MR) is 99.1 cm³/mol. The Balaban J connectivity index is 1.72. The number of aromatic nitrogens is 2. The van der Waals surface area contributed by atoms with Crippen LogP contribution in [0.5, 0.6) is 11.5 Å². The highest BCUT2D eigenvalue weighted by Crippen LogP contribution is 2.32. The lowest BCUT2D eigenvalue weighted by atomic mass is 10.2. The van der Waals surface area contributed by atoms with Gasteiger partial charge in [0.2, 0.25) is 11.7 Å². The predicted octanol–water partition coefficient (Wildman–Crippen LogP) is 4.37. The molecule has 3 aromatic rings. The Hall–Kier alpha value is -3.00. The third-order valence-electron chi connectivity index (χ3n) is 4.16. The summed E-state index contributed by atoms with van der Waals surface area (Å²) in [5.41, 5.74) is 1.78. The topological polar surface area (TPSA) is 60.6 Å². The van der Waals surface area contributed by atoms with Crippen LogP contribution in [-0.2, 0) is 13.1 Å². The molecule has 6 nitrogen and oxygen atoms in total. The number of methoxy groups -OCH3 is 1. The molecule has 0 amide bonds. The number of ether oxygens (including phenoxy) is 2. The van der Waals surface area contributed by atoms with Gasteiger partial charge in [-0.05, 0) is 30.3 Å². The molecule has 0 fully saturated rings. The number of rotatable bonds is 9. The molecule has 0 N–H and O–H groups in total. The van der Waals surface area contributed by atoms with Gasteiger partial charge in [-0.25, -0.2) is 0 Å². The van der Waals surface area contributed by atoms with Gasteiger partial charge >= 0.3 is 6.61 Å². The zero-order valence-electron chi connectivity index (χ0n) is 15.6. The molecule has 0 aliphatic rings. The molecule has 0 radical (unpaired) electrons. The number of nitrogens with zero attached hydrogens (tertiary/aromatic N) is 3. The molecule has 0 aliphatic heterocycles. The van der Waals surface area contributed by atoms with E-state index in [1.54, 1.807) is 6.07 Å². The number of hydrogen-bond donors (Lipinski definition) is 0. The van der Waals surface area contributed by atoms with E-state index >= 15 is 0 Å². The third-order valence-corrected chi connectivity index (χ3v) is 4.16. The molecule has 1 aromatic heterocycles. The van der Waals surface area contributed by atoms with E-state index in [0.29, 0.717) is 23.8 Å². The number of benzene rings is 2. The molecule has 0 bridgehead atoms. The molecule has 0 saturated heterocycles. The molecule has 0 saturated carbocycles. The van der Waals surface area contributed by atoms with Crippen molar-refractivity contribution in [3.63, 3.8) is 0 Å². The minimum absolute atomic E-state index is 0.0509. The minimum atomic E-state index is -2.93. The Bertz CT molecular complexity index is 887. The van der Waals surface area contributed by atoms with E-state index in [1.807, 2.05) is 18.2 Å². The molecular formula is C20H21F2N3O3. The zero-order valence-corrected chi connectivity index (χ0v) is 15.6. The van der Waals surface area contributed by atoms with Crippen molar-refractivity contribution in [1.29, 1.82) is 0 Å². The first-order valence-corrected chi connectivity index (χ1v) is 8.81. The summed E-state index contributed by atoms with van der Waals surface area (Å²) in [5.74, 6) is 0.945. The fourth-order valence-electron chi connectivity index (χ4n) is 2.75. The van der Waals surface area contributed by atoms with Crippen molar-refractivity contribution in [2.24, 2.45) is 0 Å². The van der Waals surface area contributed by atoms with Gasteiger partial charge in [-0.1, -0.05) is 42.4 Å². The molecule has 1 heterocycles. The van der Waals surface area contributed by atoms with E-state index in [-0.39, 0.29) is 11.5 Å². The summed E-state index contributed by atoms with van der Waals surface area (Å²) in [6.45, 7) is 1.22. The van der Waals surface area contributed by atoms with Gasteiger partial charge < -0.3 is 14.0 Å². The van der Waals surface area contributed by atoms with Crippen molar-refractivity contribution in [1.82, 2.24) is 15.0 Å². The van der Waals surface area contributed by atoms with Crippen LogP contribution in [0.1, 0.15) is 18.4 Å². The van der Waals surface area contributed by atoms with E-state index in [4.69, 9.17) is 9.26 Å². The molecule has 0 aliphatic carbocycles. The average molecular weight is 389 g/mol. The molecule has 3 rings (SSSR count). The third kappa shape index (κ3) is 5.04. The van der Waals surface area contributed by atoms with Crippen LogP contribution in [0.4, 0.5) is 8.78 Å². The lowest BCUT2D eigenvalue weighted by Crippen LogP contribution is -2.22. The SMILES string of the molecule is CCN(Cc1ccccc1)Cc1nc(-c2ccc(OC(F)F)c(OC)c2)no1. The van der Waals surface area contributed by atoms with Crippen LogP contribution in [0.25, 0.3) is 11.4 Å². The van der Waals surface area contributed by atoms with Crippen molar-refractivity contribution in [2.45, 2.75) is 26.6 Å². The molecule has 148 valence electrons. The lowest BCUT2D eigenvalue weighted by molar-refractivity contribution is -0.0512. The molecule has 0 spiro atoms. The molecular weight excluding hydrogens is 368 g/mol. The van der Waals surface area contributed by atoms with Crippen molar-refractivity contribution in [2.75, 3.05) is 13.7 Å². The molecule has 8 heteroatoms. The van der Waals surface area contributed by atoms with Crippen LogP contribution in [-0.4, -0.2) is 35.3 Å². The fraction of sp³-hybridized carbons (Fsp3) is 0.300. The van der Waals surface area contributed by atoms with Crippen molar-refractivity contribution < 1.29 is 22.8 Å². The molecule has 28 heavy (non-hydrogen) atoms. The number of alkyl halides is 2. The average Bonchev–Trinajstić information content (AvgIpc) is 3.16. The maximum Gasteiger partial charge on any atom is 0.387 e. The number of hydrogen-bond acceptors (Lipinski definition) is 6. The van der Waals surface area contributed by atoms with E-state index in [2.05, 4.69) is 38.8 Å². The van der Waals surface area contributed by atoms with Crippen molar-refractivity contribution >= 4 is 0 Å². The maximum atomic E-state index is 12.5. The second kappa shape index (κ2) is 9.27. The summed E-state index contributed by atoms with van der Waals surface area (Å²) in [4.78, 5) is 6.59. The summed E-state index contributed by atoms with van der Waals surface area (Å²) in [7, 11) is 1.38. The fourth-order valence-corrected chi connectivity index (χ4v) is 2.75. The van der Waals surface area contributed by atoms with Gasteiger partial charge in [-0.2, -0.15) is 13.8 Å². The molecule has 0 atom stereocenters. The zero-order chi connectivity index (χ0) is 19.9. The van der Waals surface area contributed by atoms with E-state index in [1.165, 1.54) is 24.8 Å². The van der Waals surface area contributed by atoms with Crippen molar-refractivity contribution in [3.05, 3.63) is 60.0 Å². The number of halogens is 2. The molecule has 2 aromatic carbocycles. The Morgan fingerprint density at radius 3 is 2.54 bits per heavy atom. The summed E-state index contributed by atoms with van der Waals surface area (Å²) in [5, 5.41) is 3.99. The normalized spacial score (nSPS) is 11.2. The van der Waals surface area contributed by atoms with Gasteiger partial charge in [-0.3, -0.25) is 4.90 Å². The van der Waals surface area contributed by atoms with E-state index in [9.17, 15) is 8.78 Å². The monoisotopic (exact) mass is 389 g/mol. The van der Waals surface area contributed by atoms with Crippen LogP contribution in [0, 0.1) is 0 Å². The summed E-state index contributed by atoms with van der Waals surface area (Å²) in [6, 6.07) is 14.6. The van der Waals surface area contributed by atoms with E-state index < -0.39 is 6.61 Å². The van der Waals surface area contributed by atoms with Crippen LogP contribution in [0.3, 0.4) is 0 Å². The lowest BCUT2D eigenvalue weighted by Gasteiger charge is -2.18. The minimum Gasteiger partial charge on any atom is -0.493 e. The summed E-state index contributed by atoms with van der Waals surface area (Å²) < 4.78 is 39.8. The van der Waals surface area contributed by atoms with Crippen LogP contribution >= 0.6 is 0 Å². The van der Waals surface area contributed by atoms with Gasteiger partial charge in [0.25, 0.3) is 0 Å². The van der Waals surface area contributed by atoms with Gasteiger partial charge in [0.15, 0.2) is 11.5 Å². The standard InChI is InChI=1S/C20H21F2N3O3/c1-3-25(12-14-7-5-4-6-8-14)13-18-23-19(24-28-18)15-9-10-16(27-20(21)22)17(11-15)26-2/h4-11,20H,3,12-13H2,1-2H3. The first kappa shape index (κ1) is 19.8. The van der Waals surface area contributed by atoms with Crippen LogP contribution < -0.4 is 9.47 Å². The second-order valence-corrected chi connectivity index (χ2v) is 6.04. The summed E-state index contributed by atoms with van der Waals surface area (Å²) in [6.07, 6.45) is 0. The van der Waals surface area contributed by atoms with Gasteiger partial charge in [0, 0.05) is 12.1 Å².